The third-order valence-corrected chi connectivity index (χ3v) is 9.99. The first-order valence-corrected chi connectivity index (χ1v) is 17.1. The normalized spacial score (nSPS) is 17.4. The number of anilines is 2. The molecule has 0 spiro atoms. The average molecular weight is 697 g/mol. The van der Waals surface area contributed by atoms with Crippen molar-refractivity contribution in [3.8, 4) is 11.1 Å². The molecule has 2 unspecified atom stereocenters. The summed E-state index contributed by atoms with van der Waals surface area (Å²) in [5.74, 6) is -1.34. The third-order valence-electron chi connectivity index (χ3n) is 9.75. The largest absolute Gasteiger partial charge is 0.459 e. The van der Waals surface area contributed by atoms with Crippen LogP contribution in [0, 0.1) is 6.92 Å². The zero-order valence-corrected chi connectivity index (χ0v) is 28.4. The van der Waals surface area contributed by atoms with E-state index >= 15 is 0 Å². The van der Waals surface area contributed by atoms with Crippen molar-refractivity contribution >= 4 is 40.7 Å². The second kappa shape index (κ2) is 13.3. The van der Waals surface area contributed by atoms with Gasteiger partial charge in [-0.25, -0.2) is 4.90 Å². The molecule has 0 saturated carbocycles. The number of halogens is 1. The fraction of sp³-hybridized carbons (Fsp3) is 0.167. The van der Waals surface area contributed by atoms with E-state index in [0.717, 1.165) is 28.0 Å². The Balaban J connectivity index is 1.05. The fourth-order valence-corrected chi connectivity index (χ4v) is 7.38. The van der Waals surface area contributed by atoms with Gasteiger partial charge in [-0.2, -0.15) is 0 Å². The summed E-state index contributed by atoms with van der Waals surface area (Å²) < 4.78 is 12.5. The van der Waals surface area contributed by atoms with Crippen molar-refractivity contribution in [2.24, 2.45) is 0 Å². The minimum atomic E-state index is -0.704. The van der Waals surface area contributed by atoms with Gasteiger partial charge in [-0.15, -0.1) is 0 Å². The van der Waals surface area contributed by atoms with Crippen LogP contribution in [0.1, 0.15) is 66.4 Å². The number of rotatable bonds is 8. The van der Waals surface area contributed by atoms with Gasteiger partial charge in [0.2, 0.25) is 6.29 Å². The van der Waals surface area contributed by atoms with E-state index in [0.29, 0.717) is 33.9 Å². The molecule has 3 aliphatic rings. The smallest absolute Gasteiger partial charge is 0.290 e. The van der Waals surface area contributed by atoms with Crippen LogP contribution >= 0.6 is 11.6 Å². The van der Waals surface area contributed by atoms with E-state index in [9.17, 15) is 19.5 Å². The molecule has 9 heteroatoms. The number of carbonyl (C=O) groups is 3. The number of aliphatic hydroxyl groups is 1. The average Bonchev–Trinajstić information content (AvgIpc) is 3.64. The maximum Gasteiger partial charge on any atom is 0.290 e. The predicted octanol–water partition coefficient (Wildman–Crippen LogP) is 8.08. The number of hydrogen-bond acceptors (Lipinski definition) is 6. The standard InChI is InChI=1S/C42H33ClN2O6/c1-24-17-30(14-16-37(24)45-41(48)34-15-13-29(43)21-36(34)42(45)49)44-40(47)38-19-28(20-39(51-38)50-23-26-11-9-25(22-46)10-12-26)32-7-4-8-33-31-6-3-2-5-27(31)18-35(32)33/h2-17,19,21,28,39,46H,18,20,22-23H2,1H3,(H,44,47). The molecule has 0 aromatic heterocycles. The van der Waals surface area contributed by atoms with Crippen LogP contribution in [0.25, 0.3) is 11.1 Å². The second-order valence-electron chi connectivity index (χ2n) is 13.0. The molecule has 5 aromatic rings. The number of carbonyl (C=O) groups excluding carboxylic acids is 3. The lowest BCUT2D eigenvalue weighted by Crippen LogP contribution is -2.30. The number of nitrogens with zero attached hydrogens (tertiary/aromatic N) is 1. The summed E-state index contributed by atoms with van der Waals surface area (Å²) in [6.07, 6.45) is 2.49. The summed E-state index contributed by atoms with van der Waals surface area (Å²) >= 11 is 6.09. The van der Waals surface area contributed by atoms with E-state index < -0.39 is 24.0 Å². The van der Waals surface area contributed by atoms with Crippen molar-refractivity contribution in [3.05, 3.63) is 164 Å². The van der Waals surface area contributed by atoms with Crippen molar-refractivity contribution < 1.29 is 29.0 Å². The number of allylic oxidation sites excluding steroid dienone is 1. The summed E-state index contributed by atoms with van der Waals surface area (Å²) in [4.78, 5) is 41.4. The predicted molar refractivity (Wildman–Crippen MR) is 195 cm³/mol. The first-order valence-electron chi connectivity index (χ1n) is 16.8. The Morgan fingerprint density at radius 1 is 0.882 bits per heavy atom. The van der Waals surface area contributed by atoms with E-state index in [1.54, 1.807) is 37.3 Å². The van der Waals surface area contributed by atoms with Crippen LogP contribution in [-0.2, 0) is 33.9 Å². The first kappa shape index (κ1) is 32.7. The number of ether oxygens (including phenoxy) is 2. The molecule has 0 radical (unpaired) electrons. The zero-order chi connectivity index (χ0) is 35.2. The summed E-state index contributed by atoms with van der Waals surface area (Å²) in [6.45, 7) is 2.00. The molecular weight excluding hydrogens is 664 g/mol. The topological polar surface area (TPSA) is 105 Å². The Morgan fingerprint density at radius 3 is 2.45 bits per heavy atom. The van der Waals surface area contributed by atoms with Crippen molar-refractivity contribution in [3.63, 3.8) is 0 Å². The molecule has 5 aromatic carbocycles. The van der Waals surface area contributed by atoms with Gasteiger partial charge in [0.25, 0.3) is 17.7 Å². The third kappa shape index (κ3) is 6.12. The van der Waals surface area contributed by atoms with Crippen molar-refractivity contribution in [1.29, 1.82) is 0 Å². The van der Waals surface area contributed by atoms with E-state index in [-0.39, 0.29) is 30.5 Å². The van der Waals surface area contributed by atoms with Crippen LogP contribution in [0.4, 0.5) is 11.4 Å². The van der Waals surface area contributed by atoms with Crippen molar-refractivity contribution in [2.45, 2.75) is 45.2 Å². The molecule has 8 nitrogen and oxygen atoms in total. The van der Waals surface area contributed by atoms with Gasteiger partial charge in [-0.1, -0.05) is 78.3 Å². The zero-order valence-electron chi connectivity index (χ0n) is 27.7. The van der Waals surface area contributed by atoms with Crippen LogP contribution in [0.5, 0.6) is 0 Å². The van der Waals surface area contributed by atoms with E-state index in [2.05, 4.69) is 47.8 Å². The lowest BCUT2D eigenvalue weighted by atomic mass is 9.87. The molecule has 2 heterocycles. The second-order valence-corrected chi connectivity index (χ2v) is 13.4. The Hall–Kier alpha value is -5.54. The van der Waals surface area contributed by atoms with Gasteiger partial charge in [-0.05, 0) is 100 Å². The van der Waals surface area contributed by atoms with E-state index in [4.69, 9.17) is 21.1 Å². The molecule has 2 atom stereocenters. The Morgan fingerprint density at radius 2 is 1.65 bits per heavy atom. The quantitative estimate of drug-likeness (QED) is 0.156. The van der Waals surface area contributed by atoms with Gasteiger partial charge in [-0.3, -0.25) is 14.4 Å². The summed E-state index contributed by atoms with van der Waals surface area (Å²) in [5, 5.41) is 12.7. The molecule has 0 saturated heterocycles. The summed E-state index contributed by atoms with van der Waals surface area (Å²) in [7, 11) is 0. The molecule has 51 heavy (non-hydrogen) atoms. The summed E-state index contributed by atoms with van der Waals surface area (Å²) in [6, 6.07) is 31.9. The maximum absolute atomic E-state index is 13.9. The van der Waals surface area contributed by atoms with Crippen LogP contribution in [-0.4, -0.2) is 29.1 Å². The number of fused-ring (bicyclic) bond motifs is 4. The fourth-order valence-electron chi connectivity index (χ4n) is 7.20. The van der Waals surface area contributed by atoms with Crippen molar-refractivity contribution in [1.82, 2.24) is 0 Å². The van der Waals surface area contributed by atoms with Crippen LogP contribution in [0.15, 0.2) is 115 Å². The number of aliphatic hydroxyl groups excluding tert-OH is 1. The van der Waals surface area contributed by atoms with Gasteiger partial charge in [0, 0.05) is 23.0 Å². The highest BCUT2D eigenvalue weighted by atomic mass is 35.5. The van der Waals surface area contributed by atoms with Gasteiger partial charge in [0.1, 0.15) is 0 Å². The van der Waals surface area contributed by atoms with Crippen LogP contribution < -0.4 is 10.2 Å². The molecule has 0 bridgehead atoms. The molecule has 254 valence electrons. The highest BCUT2D eigenvalue weighted by Crippen LogP contribution is 2.43. The van der Waals surface area contributed by atoms with Crippen LogP contribution in [0.2, 0.25) is 5.02 Å². The molecular formula is C42H33ClN2O6. The molecule has 2 N–H and O–H groups in total. The lowest BCUT2D eigenvalue weighted by molar-refractivity contribution is -0.147. The van der Waals surface area contributed by atoms with Crippen molar-refractivity contribution in [2.75, 3.05) is 10.2 Å². The highest BCUT2D eigenvalue weighted by molar-refractivity contribution is 6.37. The number of benzene rings is 5. The van der Waals surface area contributed by atoms with Gasteiger partial charge < -0.3 is 19.9 Å². The maximum atomic E-state index is 13.9. The van der Waals surface area contributed by atoms with E-state index in [1.807, 2.05) is 30.3 Å². The monoisotopic (exact) mass is 696 g/mol. The molecule has 1 aliphatic carbocycles. The van der Waals surface area contributed by atoms with Gasteiger partial charge in [0.05, 0.1) is 30.0 Å². The number of amides is 3. The lowest BCUT2D eigenvalue weighted by Gasteiger charge is -2.30. The number of nitrogens with one attached hydrogen (secondary N) is 1. The Labute approximate surface area is 299 Å². The SMILES string of the molecule is Cc1cc(NC(=O)C2=CC(c3cccc4c3Cc3ccccc3-4)CC(OCc3ccc(CO)cc3)O2)ccc1N1C(=O)c2ccc(Cl)cc2C1=O. The van der Waals surface area contributed by atoms with Gasteiger partial charge >= 0.3 is 0 Å². The minimum absolute atomic E-state index is 0.0383. The van der Waals surface area contributed by atoms with E-state index in [1.165, 1.54) is 28.3 Å². The van der Waals surface area contributed by atoms with Crippen LogP contribution in [0.3, 0.4) is 0 Å². The Kier molecular flexibility index (Phi) is 8.52. The number of aryl methyl sites for hydroxylation is 1. The van der Waals surface area contributed by atoms with Gasteiger partial charge in [0.15, 0.2) is 5.76 Å². The minimum Gasteiger partial charge on any atom is -0.459 e. The number of hydrogen-bond donors (Lipinski definition) is 2. The summed E-state index contributed by atoms with van der Waals surface area (Å²) in [5.41, 5.74) is 9.87. The molecule has 3 amide bonds. The first-order chi connectivity index (χ1) is 24.8. The molecule has 8 rings (SSSR count). The molecule has 0 fully saturated rings. The number of imide groups is 1. The highest BCUT2D eigenvalue weighted by Gasteiger charge is 2.38. The Bertz CT molecular complexity index is 2260. The molecule has 2 aliphatic heterocycles.